The van der Waals surface area contributed by atoms with E-state index < -0.39 is 0 Å². The Balaban J connectivity index is 2.14. The topological polar surface area (TPSA) is 47.0 Å². The van der Waals surface area contributed by atoms with Crippen LogP contribution in [0, 0.1) is 5.82 Å². The van der Waals surface area contributed by atoms with E-state index in [1.807, 2.05) is 6.92 Å². The molecule has 20 heavy (non-hydrogen) atoms. The molecular weight excluding hydrogens is 259 g/mol. The van der Waals surface area contributed by atoms with Gasteiger partial charge in [0, 0.05) is 0 Å². The molecular formula is C15H13FN2O2. The smallest absolute Gasteiger partial charge is 0.331 e. The fraction of sp³-hybridized carbons (Fsp3) is 0.133. The number of halogens is 1. The minimum absolute atomic E-state index is 0.297. The summed E-state index contributed by atoms with van der Waals surface area (Å²) in [6, 6.07) is 11.4. The average Bonchev–Trinajstić information content (AvgIpc) is 2.75. The van der Waals surface area contributed by atoms with E-state index in [2.05, 4.69) is 4.98 Å². The van der Waals surface area contributed by atoms with Crippen LogP contribution in [0.1, 0.15) is 6.92 Å². The fourth-order valence-corrected chi connectivity index (χ4v) is 2.20. The highest BCUT2D eigenvalue weighted by atomic mass is 19.1. The first-order valence-corrected chi connectivity index (χ1v) is 6.32. The van der Waals surface area contributed by atoms with Gasteiger partial charge < -0.3 is 9.72 Å². The van der Waals surface area contributed by atoms with Crippen LogP contribution >= 0.6 is 0 Å². The Morgan fingerprint density at radius 2 is 1.95 bits per heavy atom. The molecule has 1 aromatic heterocycles. The molecule has 0 aliphatic heterocycles. The molecule has 5 heteroatoms. The first-order valence-electron chi connectivity index (χ1n) is 6.32. The van der Waals surface area contributed by atoms with Gasteiger partial charge in [0.1, 0.15) is 11.6 Å². The summed E-state index contributed by atoms with van der Waals surface area (Å²) in [4.78, 5) is 14.7. The van der Waals surface area contributed by atoms with E-state index in [-0.39, 0.29) is 11.5 Å². The molecule has 0 bridgehead atoms. The second-order valence-electron chi connectivity index (χ2n) is 4.35. The molecule has 0 amide bonds. The van der Waals surface area contributed by atoms with E-state index in [4.69, 9.17) is 4.74 Å². The summed E-state index contributed by atoms with van der Waals surface area (Å²) in [5.74, 6) is 0.368. The third kappa shape index (κ3) is 2.07. The molecule has 3 rings (SSSR count). The second-order valence-corrected chi connectivity index (χ2v) is 4.35. The predicted octanol–water partition coefficient (Wildman–Crippen LogP) is 2.86. The van der Waals surface area contributed by atoms with Gasteiger partial charge >= 0.3 is 5.69 Å². The lowest BCUT2D eigenvalue weighted by Crippen LogP contribution is -2.14. The molecule has 0 radical (unpaired) electrons. The first-order chi connectivity index (χ1) is 9.69. The van der Waals surface area contributed by atoms with Crippen LogP contribution in [0.25, 0.3) is 16.7 Å². The van der Waals surface area contributed by atoms with Crippen molar-refractivity contribution in [1.82, 2.24) is 9.55 Å². The van der Waals surface area contributed by atoms with Crippen molar-refractivity contribution >= 4 is 11.0 Å². The third-order valence-corrected chi connectivity index (χ3v) is 3.05. The molecule has 0 aliphatic rings. The maximum absolute atomic E-state index is 13.2. The minimum atomic E-state index is -0.377. The summed E-state index contributed by atoms with van der Waals surface area (Å²) in [5.41, 5.74) is 1.52. The number of aromatic nitrogens is 2. The summed E-state index contributed by atoms with van der Waals surface area (Å²) in [5, 5.41) is 0. The third-order valence-electron chi connectivity index (χ3n) is 3.05. The Bertz CT molecular complexity index is 803. The molecule has 3 aromatic rings. The number of nitrogens with one attached hydrogen (secondary N) is 1. The molecule has 0 fully saturated rings. The summed E-state index contributed by atoms with van der Waals surface area (Å²) in [6.07, 6.45) is 0. The van der Waals surface area contributed by atoms with Gasteiger partial charge in [-0.1, -0.05) is 0 Å². The van der Waals surface area contributed by atoms with Crippen molar-refractivity contribution in [2.24, 2.45) is 0 Å². The molecule has 0 atom stereocenters. The van der Waals surface area contributed by atoms with Gasteiger partial charge in [0.25, 0.3) is 0 Å². The molecule has 0 saturated carbocycles. The Morgan fingerprint density at radius 1 is 1.20 bits per heavy atom. The van der Waals surface area contributed by atoms with Crippen LogP contribution in [0.5, 0.6) is 5.75 Å². The van der Waals surface area contributed by atoms with Gasteiger partial charge in [0.15, 0.2) is 0 Å². The maximum atomic E-state index is 13.2. The largest absolute Gasteiger partial charge is 0.494 e. The van der Waals surface area contributed by atoms with Gasteiger partial charge in [-0.15, -0.1) is 0 Å². The molecule has 0 aliphatic carbocycles. The number of H-pyrrole nitrogens is 1. The average molecular weight is 272 g/mol. The number of nitrogens with zero attached hydrogens (tertiary/aromatic N) is 1. The SMILES string of the molecule is CCOc1ccc(-n2c(=O)[nH]c3cc(F)ccc32)cc1. The van der Waals surface area contributed by atoms with Crippen molar-refractivity contribution in [2.75, 3.05) is 6.61 Å². The lowest BCUT2D eigenvalue weighted by atomic mass is 10.2. The number of ether oxygens (including phenoxy) is 1. The second kappa shape index (κ2) is 4.85. The lowest BCUT2D eigenvalue weighted by Gasteiger charge is -2.06. The number of benzene rings is 2. The van der Waals surface area contributed by atoms with Crippen molar-refractivity contribution in [3.8, 4) is 11.4 Å². The van der Waals surface area contributed by atoms with E-state index in [9.17, 15) is 9.18 Å². The van der Waals surface area contributed by atoms with Crippen molar-refractivity contribution in [1.29, 1.82) is 0 Å². The normalized spacial score (nSPS) is 10.9. The highest BCUT2D eigenvalue weighted by Gasteiger charge is 2.09. The number of fused-ring (bicyclic) bond motifs is 1. The zero-order chi connectivity index (χ0) is 14.1. The van der Waals surface area contributed by atoms with Crippen LogP contribution in [0.4, 0.5) is 4.39 Å². The molecule has 1 N–H and O–H groups in total. The fourth-order valence-electron chi connectivity index (χ4n) is 2.20. The quantitative estimate of drug-likeness (QED) is 0.797. The Hall–Kier alpha value is -2.56. The van der Waals surface area contributed by atoms with Crippen LogP contribution in [0.15, 0.2) is 47.3 Å². The minimum Gasteiger partial charge on any atom is -0.494 e. The Labute approximate surface area is 114 Å². The van der Waals surface area contributed by atoms with Gasteiger partial charge in [0.05, 0.1) is 23.3 Å². The number of imidazole rings is 1. The van der Waals surface area contributed by atoms with E-state index in [1.54, 1.807) is 30.3 Å². The Morgan fingerprint density at radius 3 is 2.65 bits per heavy atom. The van der Waals surface area contributed by atoms with Gasteiger partial charge in [-0.3, -0.25) is 4.57 Å². The van der Waals surface area contributed by atoms with Gasteiger partial charge in [0.2, 0.25) is 0 Å². The predicted molar refractivity (Wildman–Crippen MR) is 75.0 cm³/mol. The molecule has 0 spiro atoms. The van der Waals surface area contributed by atoms with Gasteiger partial charge in [-0.2, -0.15) is 0 Å². The van der Waals surface area contributed by atoms with E-state index >= 15 is 0 Å². The van der Waals surface area contributed by atoms with Crippen LogP contribution in [-0.2, 0) is 0 Å². The number of aromatic amines is 1. The zero-order valence-electron chi connectivity index (χ0n) is 10.9. The summed E-state index contributed by atoms with van der Waals surface area (Å²) in [6.45, 7) is 2.50. The summed E-state index contributed by atoms with van der Waals surface area (Å²) < 4.78 is 20.0. The number of rotatable bonds is 3. The summed E-state index contributed by atoms with van der Waals surface area (Å²) >= 11 is 0. The molecule has 0 saturated heterocycles. The van der Waals surface area contributed by atoms with Crippen LogP contribution in [0.3, 0.4) is 0 Å². The van der Waals surface area contributed by atoms with Crippen molar-refractivity contribution in [2.45, 2.75) is 6.92 Å². The molecule has 2 aromatic carbocycles. The summed E-state index contributed by atoms with van der Waals surface area (Å²) in [7, 11) is 0. The molecule has 1 heterocycles. The monoisotopic (exact) mass is 272 g/mol. The van der Waals surface area contributed by atoms with E-state index in [1.165, 1.54) is 16.7 Å². The van der Waals surface area contributed by atoms with Crippen LogP contribution < -0.4 is 10.4 Å². The molecule has 102 valence electrons. The molecule has 4 nitrogen and oxygen atoms in total. The standard InChI is InChI=1S/C15H13FN2O2/c1-2-20-12-6-4-11(5-7-12)18-14-8-3-10(16)9-13(14)17-15(18)19/h3-9H,2H2,1H3,(H,17,19). The number of hydrogen-bond donors (Lipinski definition) is 1. The molecule has 0 unspecified atom stereocenters. The van der Waals surface area contributed by atoms with Crippen LogP contribution in [-0.4, -0.2) is 16.2 Å². The lowest BCUT2D eigenvalue weighted by molar-refractivity contribution is 0.340. The van der Waals surface area contributed by atoms with Crippen LogP contribution in [0.2, 0.25) is 0 Å². The highest BCUT2D eigenvalue weighted by Crippen LogP contribution is 2.19. The van der Waals surface area contributed by atoms with E-state index in [0.29, 0.717) is 23.3 Å². The maximum Gasteiger partial charge on any atom is 0.331 e. The van der Waals surface area contributed by atoms with Gasteiger partial charge in [-0.25, -0.2) is 9.18 Å². The van der Waals surface area contributed by atoms with Gasteiger partial charge in [-0.05, 0) is 49.4 Å². The Kier molecular flexibility index (Phi) is 3.02. The zero-order valence-corrected chi connectivity index (χ0v) is 10.9. The highest BCUT2D eigenvalue weighted by molar-refractivity contribution is 5.77. The first kappa shape index (κ1) is 12.5. The van der Waals surface area contributed by atoms with E-state index in [0.717, 1.165) is 5.75 Å². The van der Waals surface area contributed by atoms with Crippen molar-refractivity contribution < 1.29 is 9.13 Å². The van der Waals surface area contributed by atoms with Crippen molar-refractivity contribution in [3.05, 3.63) is 58.8 Å². The van der Waals surface area contributed by atoms with Crippen molar-refractivity contribution in [3.63, 3.8) is 0 Å². The number of hydrogen-bond acceptors (Lipinski definition) is 2.